The third-order valence-corrected chi connectivity index (χ3v) is 7.74. The Morgan fingerprint density at radius 1 is 0.633 bits per heavy atom. The third kappa shape index (κ3) is 2.45. The summed E-state index contributed by atoms with van der Waals surface area (Å²) in [6, 6.07) is 28.0. The first-order chi connectivity index (χ1) is 14.7. The molecule has 3 nitrogen and oxygen atoms in total. The summed E-state index contributed by atoms with van der Waals surface area (Å²) in [6.45, 7) is 0. The van der Waals surface area contributed by atoms with Crippen LogP contribution >= 0.6 is 0 Å². The first kappa shape index (κ1) is 17.4. The molecular weight excluding hydrogens is 437 g/mol. The van der Waals surface area contributed by atoms with Gasteiger partial charge in [-0.15, -0.1) is 0 Å². The average molecular weight is 452 g/mol. The van der Waals surface area contributed by atoms with Crippen molar-refractivity contribution in [3.05, 3.63) is 106 Å². The normalized spacial score (nSPS) is 13.4. The summed E-state index contributed by atoms with van der Waals surface area (Å²) in [7, 11) is 0. The van der Waals surface area contributed by atoms with Crippen LogP contribution in [0.2, 0.25) is 0 Å². The second-order valence-corrected chi connectivity index (χ2v) is 9.60. The molecule has 0 amide bonds. The second kappa shape index (κ2) is 6.53. The van der Waals surface area contributed by atoms with Gasteiger partial charge >= 0.3 is 179 Å². The molecule has 0 radical (unpaired) electrons. The van der Waals surface area contributed by atoms with Crippen LogP contribution in [0.4, 0.5) is 0 Å². The van der Waals surface area contributed by atoms with Crippen molar-refractivity contribution in [1.82, 2.24) is 4.57 Å². The number of para-hydroxylation sites is 2. The molecule has 4 heteroatoms. The SMILES string of the molecule is O=C1C(=Cc2ccc(-n3c4ccccc4c4ccccc43)[se]2)C(=O)c2ccccc21. The molecule has 1 aliphatic carbocycles. The van der Waals surface area contributed by atoms with Crippen LogP contribution in [-0.4, -0.2) is 30.6 Å². The van der Waals surface area contributed by atoms with Crippen molar-refractivity contribution in [1.29, 1.82) is 0 Å². The van der Waals surface area contributed by atoms with Gasteiger partial charge in [0.05, 0.1) is 0 Å². The van der Waals surface area contributed by atoms with Crippen molar-refractivity contribution in [3.63, 3.8) is 0 Å². The minimum atomic E-state index is -0.169. The quantitative estimate of drug-likeness (QED) is 0.207. The van der Waals surface area contributed by atoms with Crippen molar-refractivity contribution in [2.24, 2.45) is 0 Å². The Labute approximate surface area is 178 Å². The van der Waals surface area contributed by atoms with Gasteiger partial charge in [-0.2, -0.15) is 0 Å². The summed E-state index contributed by atoms with van der Waals surface area (Å²) in [5.74, 6) is -0.338. The van der Waals surface area contributed by atoms with Crippen LogP contribution in [0, 0.1) is 0 Å². The molecule has 142 valence electrons. The molecule has 0 saturated heterocycles. The summed E-state index contributed by atoms with van der Waals surface area (Å²) in [5, 5.41) is 2.46. The summed E-state index contributed by atoms with van der Waals surface area (Å²) in [6.07, 6.45) is 1.79. The maximum atomic E-state index is 12.7. The molecule has 3 aromatic carbocycles. The van der Waals surface area contributed by atoms with Crippen LogP contribution in [0.1, 0.15) is 25.2 Å². The van der Waals surface area contributed by atoms with E-state index >= 15 is 0 Å². The van der Waals surface area contributed by atoms with Crippen molar-refractivity contribution in [2.45, 2.75) is 0 Å². The van der Waals surface area contributed by atoms with E-state index < -0.39 is 0 Å². The zero-order chi connectivity index (χ0) is 20.2. The number of carbonyl (C=O) groups excluding carboxylic acids is 2. The number of benzene rings is 3. The summed E-state index contributed by atoms with van der Waals surface area (Å²) >= 11 is -0.00705. The predicted octanol–water partition coefficient (Wildman–Crippen LogP) is 5.30. The van der Waals surface area contributed by atoms with Crippen LogP contribution < -0.4 is 0 Å². The van der Waals surface area contributed by atoms with Crippen molar-refractivity contribution < 1.29 is 9.59 Å². The van der Waals surface area contributed by atoms with E-state index in [1.54, 1.807) is 30.3 Å². The molecule has 0 fully saturated rings. The van der Waals surface area contributed by atoms with Crippen LogP contribution in [-0.2, 0) is 0 Å². The molecule has 5 aromatic rings. The van der Waals surface area contributed by atoms with Gasteiger partial charge in [0.2, 0.25) is 0 Å². The number of hydrogen-bond acceptors (Lipinski definition) is 2. The van der Waals surface area contributed by atoms with E-state index in [-0.39, 0.29) is 31.6 Å². The molecule has 2 heterocycles. The van der Waals surface area contributed by atoms with Crippen LogP contribution in [0.25, 0.3) is 32.4 Å². The first-order valence-corrected chi connectivity index (χ1v) is 11.4. The Morgan fingerprint density at radius 3 is 1.77 bits per heavy atom. The number of carbonyl (C=O) groups is 2. The predicted molar refractivity (Wildman–Crippen MR) is 121 cm³/mol. The van der Waals surface area contributed by atoms with Crippen molar-refractivity contribution in [3.8, 4) is 4.56 Å². The maximum absolute atomic E-state index is 12.7. The fraction of sp³-hybridized carbons (Fsp3) is 0. The number of fused-ring (bicyclic) bond motifs is 4. The zero-order valence-corrected chi connectivity index (χ0v) is 17.5. The zero-order valence-electron chi connectivity index (χ0n) is 15.8. The number of Topliss-reactive ketones (excluding diaryl/α,β-unsaturated/α-hetero) is 2. The van der Waals surface area contributed by atoms with E-state index in [0.29, 0.717) is 11.1 Å². The topological polar surface area (TPSA) is 39.1 Å². The van der Waals surface area contributed by atoms with Crippen LogP contribution in [0.3, 0.4) is 0 Å². The molecule has 0 atom stereocenters. The van der Waals surface area contributed by atoms with E-state index in [9.17, 15) is 9.59 Å². The second-order valence-electron chi connectivity index (χ2n) is 7.31. The van der Waals surface area contributed by atoms with Gasteiger partial charge in [-0.3, -0.25) is 0 Å². The number of nitrogens with zero attached hydrogens (tertiary/aromatic N) is 1. The van der Waals surface area contributed by atoms with Gasteiger partial charge in [0.1, 0.15) is 0 Å². The molecule has 2 aromatic heterocycles. The first-order valence-electron chi connectivity index (χ1n) is 9.71. The molecule has 6 rings (SSSR count). The van der Waals surface area contributed by atoms with Gasteiger partial charge in [-0.25, -0.2) is 0 Å². The summed E-state index contributed by atoms with van der Waals surface area (Å²) in [4.78, 5) is 25.4. The average Bonchev–Trinajstić information content (AvgIpc) is 3.44. The molecule has 0 N–H and O–H groups in total. The van der Waals surface area contributed by atoms with Crippen molar-refractivity contribution in [2.75, 3.05) is 0 Å². The standard InChI is InChI=1S/C26H15NO2Se/c28-25-19-9-1-2-10-20(19)26(29)21(25)15-16-13-14-24(30-16)27-22-11-5-3-7-17(22)18-8-4-6-12-23(18)27/h1-15H. The Morgan fingerprint density at radius 2 is 1.17 bits per heavy atom. The van der Waals surface area contributed by atoms with E-state index in [1.807, 2.05) is 6.07 Å². The molecule has 0 spiro atoms. The van der Waals surface area contributed by atoms with Gasteiger partial charge in [-0.05, 0) is 0 Å². The van der Waals surface area contributed by atoms with Gasteiger partial charge in [0.25, 0.3) is 0 Å². The Bertz CT molecular complexity index is 1440. The van der Waals surface area contributed by atoms with Gasteiger partial charge in [0.15, 0.2) is 0 Å². The molecule has 0 saturated carbocycles. The number of allylic oxidation sites excluding steroid dienone is 1. The summed E-state index contributed by atoms with van der Waals surface area (Å²) in [5.41, 5.74) is 3.65. The summed E-state index contributed by atoms with van der Waals surface area (Å²) < 4.78 is 4.53. The third-order valence-electron chi connectivity index (χ3n) is 5.61. The fourth-order valence-corrected chi connectivity index (χ4v) is 6.30. The number of aromatic nitrogens is 1. The van der Waals surface area contributed by atoms with Gasteiger partial charge in [0, 0.05) is 0 Å². The monoisotopic (exact) mass is 453 g/mol. The van der Waals surface area contributed by atoms with E-state index in [1.165, 1.54) is 26.4 Å². The number of ketones is 2. The Kier molecular flexibility index (Phi) is 3.79. The molecule has 0 aliphatic heterocycles. The van der Waals surface area contributed by atoms with Crippen LogP contribution in [0.5, 0.6) is 0 Å². The molecule has 1 aliphatic rings. The molecular formula is C26H15NO2Se. The van der Waals surface area contributed by atoms with E-state index in [4.69, 9.17) is 0 Å². The Hall–Kier alpha value is -3.46. The van der Waals surface area contributed by atoms with E-state index in [0.717, 1.165) is 4.44 Å². The van der Waals surface area contributed by atoms with Crippen LogP contribution in [0.15, 0.2) is 90.5 Å². The Balaban J connectivity index is 1.49. The van der Waals surface area contributed by atoms with E-state index in [2.05, 4.69) is 59.2 Å². The fourth-order valence-electron chi connectivity index (χ4n) is 4.25. The van der Waals surface area contributed by atoms with Gasteiger partial charge < -0.3 is 0 Å². The number of rotatable bonds is 2. The molecule has 0 unspecified atom stereocenters. The van der Waals surface area contributed by atoms with Crippen molar-refractivity contribution >= 4 is 54.0 Å². The van der Waals surface area contributed by atoms with Gasteiger partial charge in [-0.1, -0.05) is 0 Å². The number of hydrogen-bond donors (Lipinski definition) is 0. The minimum absolute atomic E-state index is 0.00705. The molecule has 0 bridgehead atoms. The molecule has 30 heavy (non-hydrogen) atoms.